The van der Waals surface area contributed by atoms with Crippen LogP contribution in [-0.2, 0) is 5.54 Å². The van der Waals surface area contributed by atoms with Crippen LogP contribution in [-0.4, -0.2) is 19.6 Å². The van der Waals surface area contributed by atoms with E-state index in [1.165, 1.54) is 12.0 Å². The van der Waals surface area contributed by atoms with E-state index < -0.39 is 0 Å². The van der Waals surface area contributed by atoms with Crippen LogP contribution in [0, 0.1) is 0 Å². The Balaban J connectivity index is 1.51. The van der Waals surface area contributed by atoms with Crippen molar-refractivity contribution in [1.82, 2.24) is 19.6 Å². The minimum absolute atomic E-state index is 0.166. The fourth-order valence-electron chi connectivity index (χ4n) is 4.19. The molecule has 2 aromatic carbocycles. The Labute approximate surface area is 184 Å². The molecule has 0 unspecified atom stereocenters. The number of thiophene rings is 1. The van der Waals surface area contributed by atoms with E-state index in [0.29, 0.717) is 11.6 Å². The van der Waals surface area contributed by atoms with Crippen LogP contribution >= 0.6 is 11.3 Å². The number of fused-ring (bicyclic) bond motifs is 1. The largest absolute Gasteiger partial charge is 0.321 e. The maximum atomic E-state index is 6.52. The summed E-state index contributed by atoms with van der Waals surface area (Å²) in [6.07, 6.45) is 5.34. The molecule has 3 aromatic heterocycles. The van der Waals surface area contributed by atoms with Crippen molar-refractivity contribution in [2.24, 2.45) is 5.73 Å². The fraction of sp³-hybridized carbons (Fsp3) is 0.160. The van der Waals surface area contributed by atoms with Crippen molar-refractivity contribution in [2.75, 3.05) is 0 Å². The smallest absolute Gasteiger partial charge is 0.253 e. The first-order valence-electron chi connectivity index (χ1n) is 10.4. The average Bonchev–Trinajstić information content (AvgIpc) is 3.47. The summed E-state index contributed by atoms with van der Waals surface area (Å²) in [5, 5.41) is 8.76. The fourth-order valence-corrected chi connectivity index (χ4v) is 4.83. The molecule has 5 nitrogen and oxygen atoms in total. The second-order valence-corrected chi connectivity index (χ2v) is 8.93. The monoisotopic (exact) mass is 423 g/mol. The third-order valence-electron chi connectivity index (χ3n) is 6.17. The Morgan fingerprint density at radius 3 is 2.35 bits per heavy atom. The summed E-state index contributed by atoms with van der Waals surface area (Å²) in [5.41, 5.74) is 12.6. The zero-order chi connectivity index (χ0) is 20.8. The summed E-state index contributed by atoms with van der Waals surface area (Å²) in [6, 6.07) is 20.9. The van der Waals surface area contributed by atoms with E-state index in [1.54, 1.807) is 15.9 Å². The quantitative estimate of drug-likeness (QED) is 0.413. The van der Waals surface area contributed by atoms with E-state index >= 15 is 0 Å². The summed E-state index contributed by atoms with van der Waals surface area (Å²) in [5.74, 6) is 1.28. The standard InChI is InChI=1S/C25H21N5S/c26-25(12-4-13-25)20-9-7-18(8-10-20)22-21(17-5-2-1-3-6-17)15-30-24(27-22)28-23(29-30)19-11-14-31-16-19/h1-3,5-11,14-16H,4,12-13,26H2. The highest BCUT2D eigenvalue weighted by Gasteiger charge is 2.34. The molecular weight excluding hydrogens is 402 g/mol. The van der Waals surface area contributed by atoms with Crippen LogP contribution in [0.25, 0.3) is 39.5 Å². The molecule has 0 radical (unpaired) electrons. The topological polar surface area (TPSA) is 69.1 Å². The maximum Gasteiger partial charge on any atom is 0.253 e. The molecule has 3 heterocycles. The molecule has 0 aliphatic heterocycles. The zero-order valence-electron chi connectivity index (χ0n) is 16.9. The van der Waals surface area contributed by atoms with Crippen LogP contribution in [0.15, 0.2) is 77.6 Å². The van der Waals surface area contributed by atoms with Crippen molar-refractivity contribution in [3.05, 3.63) is 83.2 Å². The minimum Gasteiger partial charge on any atom is -0.321 e. The lowest BCUT2D eigenvalue weighted by Gasteiger charge is -2.38. The van der Waals surface area contributed by atoms with Gasteiger partial charge in [-0.2, -0.15) is 16.3 Å². The molecule has 0 spiro atoms. The highest BCUT2D eigenvalue weighted by atomic mass is 32.1. The third kappa shape index (κ3) is 3.15. The Hall–Kier alpha value is -3.35. The van der Waals surface area contributed by atoms with Crippen molar-refractivity contribution in [2.45, 2.75) is 24.8 Å². The molecule has 2 N–H and O–H groups in total. The molecule has 31 heavy (non-hydrogen) atoms. The lowest BCUT2D eigenvalue weighted by molar-refractivity contribution is 0.253. The Kier molecular flexibility index (Phi) is 4.23. The van der Waals surface area contributed by atoms with Gasteiger partial charge in [-0.3, -0.25) is 0 Å². The van der Waals surface area contributed by atoms with E-state index in [1.807, 2.05) is 35.8 Å². The Morgan fingerprint density at radius 1 is 0.871 bits per heavy atom. The van der Waals surface area contributed by atoms with Gasteiger partial charge in [-0.25, -0.2) is 9.50 Å². The van der Waals surface area contributed by atoms with Crippen molar-refractivity contribution in [3.8, 4) is 33.8 Å². The summed E-state index contributed by atoms with van der Waals surface area (Å²) >= 11 is 1.63. The van der Waals surface area contributed by atoms with Crippen LogP contribution in [0.3, 0.4) is 0 Å². The van der Waals surface area contributed by atoms with Gasteiger partial charge in [-0.15, -0.1) is 5.10 Å². The van der Waals surface area contributed by atoms with E-state index in [4.69, 9.17) is 10.7 Å². The number of rotatable bonds is 4. The summed E-state index contributed by atoms with van der Waals surface area (Å²) in [4.78, 5) is 9.62. The molecule has 0 saturated heterocycles. The molecule has 1 fully saturated rings. The lowest BCUT2D eigenvalue weighted by Crippen LogP contribution is -2.43. The molecule has 152 valence electrons. The molecule has 6 rings (SSSR count). The van der Waals surface area contributed by atoms with Gasteiger partial charge in [0.2, 0.25) is 0 Å². The van der Waals surface area contributed by atoms with Gasteiger partial charge in [0, 0.05) is 33.8 Å². The van der Waals surface area contributed by atoms with Crippen LogP contribution in [0.4, 0.5) is 0 Å². The summed E-state index contributed by atoms with van der Waals surface area (Å²) in [7, 11) is 0. The van der Waals surface area contributed by atoms with E-state index in [9.17, 15) is 0 Å². The first-order chi connectivity index (χ1) is 15.2. The van der Waals surface area contributed by atoms with Gasteiger partial charge in [0.1, 0.15) is 0 Å². The van der Waals surface area contributed by atoms with Crippen LogP contribution in [0.2, 0.25) is 0 Å². The van der Waals surface area contributed by atoms with Gasteiger partial charge >= 0.3 is 0 Å². The molecule has 0 atom stereocenters. The van der Waals surface area contributed by atoms with E-state index in [0.717, 1.165) is 40.8 Å². The van der Waals surface area contributed by atoms with Gasteiger partial charge in [-0.1, -0.05) is 54.6 Å². The van der Waals surface area contributed by atoms with Gasteiger partial charge in [-0.05, 0) is 41.8 Å². The predicted octanol–water partition coefficient (Wildman–Crippen LogP) is 5.52. The van der Waals surface area contributed by atoms with E-state index in [-0.39, 0.29) is 5.54 Å². The minimum atomic E-state index is -0.166. The second kappa shape index (κ2) is 7.11. The van der Waals surface area contributed by atoms with Gasteiger partial charge in [0.25, 0.3) is 5.78 Å². The SMILES string of the molecule is NC1(c2ccc(-c3nc4nc(-c5ccsc5)nn4cc3-c3ccccc3)cc2)CCC1. The highest BCUT2D eigenvalue weighted by Crippen LogP contribution is 2.39. The number of nitrogens with two attached hydrogens (primary N) is 1. The van der Waals surface area contributed by atoms with Crippen molar-refractivity contribution < 1.29 is 0 Å². The number of benzene rings is 2. The van der Waals surface area contributed by atoms with Crippen molar-refractivity contribution >= 4 is 17.1 Å². The molecule has 0 amide bonds. The highest BCUT2D eigenvalue weighted by molar-refractivity contribution is 7.08. The molecule has 1 aliphatic carbocycles. The third-order valence-corrected chi connectivity index (χ3v) is 6.86. The van der Waals surface area contributed by atoms with Gasteiger partial charge in [0.15, 0.2) is 5.82 Å². The Morgan fingerprint density at radius 2 is 1.68 bits per heavy atom. The zero-order valence-corrected chi connectivity index (χ0v) is 17.7. The first kappa shape index (κ1) is 18.4. The molecule has 0 bridgehead atoms. The number of hydrogen-bond acceptors (Lipinski definition) is 5. The number of hydrogen-bond donors (Lipinski definition) is 1. The second-order valence-electron chi connectivity index (χ2n) is 8.15. The summed E-state index contributed by atoms with van der Waals surface area (Å²) < 4.78 is 1.77. The lowest BCUT2D eigenvalue weighted by atomic mass is 9.72. The predicted molar refractivity (Wildman–Crippen MR) is 125 cm³/mol. The molecular formula is C25H21N5S. The van der Waals surface area contributed by atoms with Crippen LogP contribution < -0.4 is 5.73 Å². The van der Waals surface area contributed by atoms with Crippen LogP contribution in [0.5, 0.6) is 0 Å². The van der Waals surface area contributed by atoms with E-state index in [2.05, 4.69) is 51.9 Å². The van der Waals surface area contributed by atoms with Gasteiger partial charge in [0.05, 0.1) is 5.69 Å². The van der Waals surface area contributed by atoms with Crippen LogP contribution in [0.1, 0.15) is 24.8 Å². The number of nitrogens with zero attached hydrogens (tertiary/aromatic N) is 4. The molecule has 1 saturated carbocycles. The Bertz CT molecular complexity index is 1350. The molecule has 5 aromatic rings. The maximum absolute atomic E-state index is 6.52. The van der Waals surface area contributed by atoms with Crippen molar-refractivity contribution in [1.29, 1.82) is 0 Å². The van der Waals surface area contributed by atoms with Gasteiger partial charge < -0.3 is 5.73 Å². The first-order valence-corrected chi connectivity index (χ1v) is 11.4. The molecule has 1 aliphatic rings. The van der Waals surface area contributed by atoms with Crippen molar-refractivity contribution in [3.63, 3.8) is 0 Å². The molecule has 6 heteroatoms. The average molecular weight is 424 g/mol. The summed E-state index contributed by atoms with van der Waals surface area (Å²) in [6.45, 7) is 0. The number of aromatic nitrogens is 4. The normalized spacial score (nSPS) is 15.1.